The second-order valence-electron chi connectivity index (χ2n) is 6.35. The van der Waals surface area contributed by atoms with Crippen LogP contribution >= 0.6 is 0 Å². The van der Waals surface area contributed by atoms with Crippen molar-refractivity contribution >= 4 is 5.91 Å². The van der Waals surface area contributed by atoms with Crippen molar-refractivity contribution in [3.63, 3.8) is 0 Å². The van der Waals surface area contributed by atoms with Crippen molar-refractivity contribution in [3.8, 4) is 11.5 Å². The molecular weight excluding hydrogens is 310 g/mol. The first-order chi connectivity index (χ1) is 11.6. The standard InChI is InChI=1S/C17H19N3O4/c1-10-4-13(19-18-10)5-12-7-20(8-14(12)21)17(22)11-2-3-15-16(6-11)24-9-23-15/h2-4,6,12,14,21H,5,7-9H2,1H3,(H,18,19)/t12-,14-/m1/s1. The van der Waals surface area contributed by atoms with Crippen molar-refractivity contribution in [2.45, 2.75) is 19.4 Å². The fraction of sp³-hybridized carbons (Fsp3) is 0.412. The normalized spacial score (nSPS) is 22.2. The number of hydrogen-bond donors (Lipinski definition) is 2. The maximum atomic E-state index is 12.7. The number of ether oxygens (including phenoxy) is 2. The number of aromatic nitrogens is 2. The summed E-state index contributed by atoms with van der Waals surface area (Å²) in [6.45, 7) is 2.97. The molecule has 3 heterocycles. The number of fused-ring (bicyclic) bond motifs is 1. The van der Waals surface area contributed by atoms with Crippen molar-refractivity contribution in [2.24, 2.45) is 5.92 Å². The molecule has 24 heavy (non-hydrogen) atoms. The zero-order valence-corrected chi connectivity index (χ0v) is 13.4. The molecule has 1 amide bonds. The summed E-state index contributed by atoms with van der Waals surface area (Å²) in [4.78, 5) is 14.4. The van der Waals surface area contributed by atoms with Gasteiger partial charge in [0.1, 0.15) is 0 Å². The minimum absolute atomic E-state index is 0.00865. The lowest BCUT2D eigenvalue weighted by molar-refractivity contribution is 0.0764. The van der Waals surface area contributed by atoms with Gasteiger partial charge in [-0.05, 0) is 37.6 Å². The van der Waals surface area contributed by atoms with Gasteiger partial charge in [0.05, 0.1) is 11.8 Å². The number of carbonyl (C=O) groups excluding carboxylic acids is 1. The van der Waals surface area contributed by atoms with Gasteiger partial charge in [-0.25, -0.2) is 0 Å². The van der Waals surface area contributed by atoms with Gasteiger partial charge < -0.3 is 19.5 Å². The van der Waals surface area contributed by atoms with Crippen LogP contribution in [0.25, 0.3) is 0 Å². The van der Waals surface area contributed by atoms with Crippen molar-refractivity contribution in [1.29, 1.82) is 0 Å². The highest BCUT2D eigenvalue weighted by molar-refractivity contribution is 5.95. The predicted octanol–water partition coefficient (Wildman–Crippen LogP) is 1.12. The molecule has 2 atom stereocenters. The van der Waals surface area contributed by atoms with Crippen molar-refractivity contribution in [2.75, 3.05) is 19.9 Å². The maximum Gasteiger partial charge on any atom is 0.254 e. The van der Waals surface area contributed by atoms with Crippen molar-refractivity contribution in [1.82, 2.24) is 15.1 Å². The predicted molar refractivity (Wildman–Crippen MR) is 85.0 cm³/mol. The number of aliphatic hydroxyl groups excluding tert-OH is 1. The summed E-state index contributed by atoms with van der Waals surface area (Å²) in [6.07, 6.45) is 0.108. The third kappa shape index (κ3) is 2.71. The Balaban J connectivity index is 1.46. The summed E-state index contributed by atoms with van der Waals surface area (Å²) in [5.41, 5.74) is 2.45. The van der Waals surface area contributed by atoms with Crippen molar-refractivity contribution < 1.29 is 19.4 Å². The Bertz CT molecular complexity index is 773. The number of hydrogen-bond acceptors (Lipinski definition) is 5. The molecule has 0 aliphatic carbocycles. The number of nitrogens with zero attached hydrogens (tertiary/aromatic N) is 2. The number of aromatic amines is 1. The molecule has 2 aromatic rings. The van der Waals surface area contributed by atoms with E-state index in [1.807, 2.05) is 13.0 Å². The number of H-pyrrole nitrogens is 1. The summed E-state index contributed by atoms with van der Waals surface area (Å²) in [7, 11) is 0. The van der Waals surface area contributed by atoms with E-state index >= 15 is 0 Å². The van der Waals surface area contributed by atoms with E-state index in [0.717, 1.165) is 11.4 Å². The summed E-state index contributed by atoms with van der Waals surface area (Å²) in [5, 5.41) is 17.4. The minimum atomic E-state index is -0.542. The number of benzene rings is 1. The Morgan fingerprint density at radius 3 is 2.96 bits per heavy atom. The molecule has 0 spiro atoms. The van der Waals surface area contributed by atoms with Gasteiger partial charge in [-0.3, -0.25) is 9.89 Å². The summed E-state index contributed by atoms with van der Waals surface area (Å²) >= 11 is 0. The first kappa shape index (κ1) is 15.0. The molecule has 2 N–H and O–H groups in total. The van der Waals surface area contributed by atoms with Gasteiger partial charge in [0.2, 0.25) is 6.79 Å². The molecule has 2 aliphatic rings. The van der Waals surface area contributed by atoms with Crippen LogP contribution < -0.4 is 9.47 Å². The molecule has 7 nitrogen and oxygen atoms in total. The summed E-state index contributed by atoms with van der Waals surface area (Å²) in [5.74, 6) is 1.13. The fourth-order valence-corrected chi connectivity index (χ4v) is 3.28. The third-order valence-corrected chi connectivity index (χ3v) is 4.54. The molecular formula is C17H19N3O4. The van der Waals surface area contributed by atoms with Crippen LogP contribution in [-0.2, 0) is 6.42 Å². The van der Waals surface area contributed by atoms with Gasteiger partial charge in [0.15, 0.2) is 11.5 Å². The first-order valence-electron chi connectivity index (χ1n) is 7.98. The fourth-order valence-electron chi connectivity index (χ4n) is 3.28. The minimum Gasteiger partial charge on any atom is -0.454 e. The Morgan fingerprint density at radius 2 is 2.17 bits per heavy atom. The van der Waals surface area contributed by atoms with Crippen LogP contribution in [0.4, 0.5) is 0 Å². The first-order valence-corrected chi connectivity index (χ1v) is 7.98. The van der Waals surface area contributed by atoms with Crippen LogP contribution in [0.15, 0.2) is 24.3 Å². The highest BCUT2D eigenvalue weighted by Crippen LogP contribution is 2.33. The van der Waals surface area contributed by atoms with Crippen LogP contribution in [0.1, 0.15) is 21.7 Å². The number of amides is 1. The third-order valence-electron chi connectivity index (χ3n) is 4.54. The van der Waals surface area contributed by atoms with Crippen LogP contribution in [0.2, 0.25) is 0 Å². The molecule has 1 aromatic heterocycles. The number of likely N-dealkylation sites (tertiary alicyclic amines) is 1. The van der Waals surface area contributed by atoms with E-state index in [1.165, 1.54) is 0 Å². The highest BCUT2D eigenvalue weighted by atomic mass is 16.7. The molecule has 7 heteroatoms. The molecule has 2 aliphatic heterocycles. The van der Waals surface area contributed by atoms with Crippen LogP contribution in [0, 0.1) is 12.8 Å². The number of aryl methyl sites for hydroxylation is 1. The molecule has 126 valence electrons. The lowest BCUT2D eigenvalue weighted by Crippen LogP contribution is -2.29. The number of β-amino-alcohol motifs (C(OH)–C–C–N with tert-alkyl or cyclic N) is 1. The van der Waals surface area contributed by atoms with Gasteiger partial charge >= 0.3 is 0 Å². The van der Waals surface area contributed by atoms with Crippen LogP contribution in [-0.4, -0.2) is 52.1 Å². The summed E-state index contributed by atoms with van der Waals surface area (Å²) in [6, 6.07) is 7.13. The Morgan fingerprint density at radius 1 is 1.33 bits per heavy atom. The smallest absolute Gasteiger partial charge is 0.254 e. The zero-order valence-electron chi connectivity index (χ0n) is 13.4. The molecule has 4 rings (SSSR count). The van der Waals surface area contributed by atoms with Gasteiger partial charge in [0, 0.05) is 30.3 Å². The number of aliphatic hydroxyl groups is 1. The SMILES string of the molecule is Cc1cc(C[C@@H]2CN(C(=O)c3ccc4c(c3)OCO4)C[C@H]2O)n[nH]1. The van der Waals surface area contributed by atoms with Crippen LogP contribution in [0.5, 0.6) is 11.5 Å². The van der Waals surface area contributed by atoms with Gasteiger partial charge in [-0.15, -0.1) is 0 Å². The van der Waals surface area contributed by atoms with E-state index in [2.05, 4.69) is 10.2 Å². The molecule has 0 unspecified atom stereocenters. The van der Waals surface area contributed by atoms with Crippen LogP contribution in [0.3, 0.4) is 0 Å². The number of nitrogens with one attached hydrogen (secondary N) is 1. The quantitative estimate of drug-likeness (QED) is 0.881. The van der Waals surface area contributed by atoms with Gasteiger partial charge in [-0.1, -0.05) is 0 Å². The lowest BCUT2D eigenvalue weighted by Gasteiger charge is -2.16. The number of rotatable bonds is 3. The molecule has 1 saturated heterocycles. The van der Waals surface area contributed by atoms with E-state index in [1.54, 1.807) is 23.1 Å². The van der Waals surface area contributed by atoms with E-state index < -0.39 is 6.10 Å². The van der Waals surface area contributed by atoms with Gasteiger partial charge in [0.25, 0.3) is 5.91 Å². The monoisotopic (exact) mass is 329 g/mol. The van der Waals surface area contributed by atoms with E-state index in [0.29, 0.717) is 36.6 Å². The van der Waals surface area contributed by atoms with E-state index in [4.69, 9.17) is 9.47 Å². The molecule has 1 fully saturated rings. The molecule has 0 bridgehead atoms. The lowest BCUT2D eigenvalue weighted by atomic mass is 10.0. The van der Waals surface area contributed by atoms with E-state index in [-0.39, 0.29) is 18.6 Å². The second-order valence-corrected chi connectivity index (χ2v) is 6.35. The maximum absolute atomic E-state index is 12.7. The highest BCUT2D eigenvalue weighted by Gasteiger charge is 2.35. The molecule has 0 radical (unpaired) electrons. The topological polar surface area (TPSA) is 87.7 Å². The second kappa shape index (κ2) is 5.83. The van der Waals surface area contributed by atoms with Gasteiger partial charge in [-0.2, -0.15) is 5.10 Å². The zero-order chi connectivity index (χ0) is 16.7. The van der Waals surface area contributed by atoms with Crippen molar-refractivity contribution in [3.05, 3.63) is 41.2 Å². The molecule has 1 aromatic carbocycles. The number of carbonyl (C=O) groups is 1. The molecule has 0 saturated carbocycles. The Kier molecular flexibility index (Phi) is 3.65. The van der Waals surface area contributed by atoms with E-state index in [9.17, 15) is 9.90 Å². The Labute approximate surface area is 139 Å². The largest absolute Gasteiger partial charge is 0.454 e. The Hall–Kier alpha value is -2.54. The average Bonchev–Trinajstić information content (AvgIpc) is 3.27. The summed E-state index contributed by atoms with van der Waals surface area (Å²) < 4.78 is 10.6. The average molecular weight is 329 g/mol.